The molecule has 0 aromatic carbocycles. The number of carbonyl (C=O) groups is 1. The van der Waals surface area contributed by atoms with Gasteiger partial charge < -0.3 is 24.1 Å². The van der Waals surface area contributed by atoms with E-state index in [-0.39, 0.29) is 0 Å². The van der Waals surface area contributed by atoms with E-state index in [4.69, 9.17) is 18.9 Å². The van der Waals surface area contributed by atoms with Gasteiger partial charge in [-0.25, -0.2) is 9.48 Å². The maximum atomic E-state index is 11.4. The molecule has 9 nitrogen and oxygen atoms in total. The van der Waals surface area contributed by atoms with Crippen molar-refractivity contribution in [2.45, 2.75) is 63.7 Å². The van der Waals surface area contributed by atoms with Crippen molar-refractivity contribution in [2.75, 3.05) is 40.1 Å². The first kappa shape index (κ1) is 22.7. The molecule has 9 heteroatoms. The van der Waals surface area contributed by atoms with Gasteiger partial charge in [-0.05, 0) is 32.1 Å². The van der Waals surface area contributed by atoms with Crippen molar-refractivity contribution in [1.29, 1.82) is 0 Å². The molecule has 1 unspecified atom stereocenters. The molecule has 1 aromatic heterocycles. The van der Waals surface area contributed by atoms with Gasteiger partial charge in [0.25, 0.3) is 5.79 Å². The Hall–Kier alpha value is -1.55. The normalized spacial score (nSPS) is 19.8. The molecule has 1 fully saturated rings. The van der Waals surface area contributed by atoms with Crippen molar-refractivity contribution < 1.29 is 28.8 Å². The minimum Gasteiger partial charge on any atom is -0.477 e. The van der Waals surface area contributed by atoms with Gasteiger partial charge in [0.15, 0.2) is 0 Å². The molecule has 0 amide bonds. The van der Waals surface area contributed by atoms with Crippen molar-refractivity contribution in [3.63, 3.8) is 0 Å². The standard InChI is InChI=1S/C19H33N3O6/c1-25-14-15-26-13-10-22-16-17(20-21-22)8-4-2-3-6-11-27-19(18(23)24)9-5-7-12-28-19/h16H,2-15H2,1H3,(H,23,24). The van der Waals surface area contributed by atoms with Crippen molar-refractivity contribution in [3.8, 4) is 0 Å². The van der Waals surface area contributed by atoms with E-state index in [1.54, 1.807) is 11.8 Å². The lowest BCUT2D eigenvalue weighted by Gasteiger charge is -2.32. The van der Waals surface area contributed by atoms with E-state index >= 15 is 0 Å². The number of hydrogen-bond acceptors (Lipinski definition) is 7. The van der Waals surface area contributed by atoms with Crippen LogP contribution in [0.1, 0.15) is 50.6 Å². The summed E-state index contributed by atoms with van der Waals surface area (Å²) in [5.74, 6) is -2.44. The zero-order valence-electron chi connectivity index (χ0n) is 16.8. The van der Waals surface area contributed by atoms with Gasteiger partial charge in [0.05, 0.1) is 45.3 Å². The second-order valence-corrected chi connectivity index (χ2v) is 6.95. The Morgan fingerprint density at radius 3 is 2.82 bits per heavy atom. The number of ether oxygens (including phenoxy) is 4. The highest BCUT2D eigenvalue weighted by Crippen LogP contribution is 2.27. The maximum Gasteiger partial charge on any atom is 0.364 e. The number of carboxylic acids is 1. The van der Waals surface area contributed by atoms with Gasteiger partial charge >= 0.3 is 5.97 Å². The van der Waals surface area contributed by atoms with Gasteiger partial charge in [0, 0.05) is 19.7 Å². The van der Waals surface area contributed by atoms with Crippen LogP contribution in [0.4, 0.5) is 0 Å². The van der Waals surface area contributed by atoms with Crippen LogP contribution in [-0.2, 0) is 36.7 Å². The summed E-state index contributed by atoms with van der Waals surface area (Å²) in [5, 5.41) is 17.7. The summed E-state index contributed by atoms with van der Waals surface area (Å²) in [6.45, 7) is 3.31. The molecule has 0 bridgehead atoms. The Kier molecular flexibility index (Phi) is 10.4. The molecular formula is C19H33N3O6. The zero-order valence-corrected chi connectivity index (χ0v) is 16.8. The van der Waals surface area contributed by atoms with Gasteiger partial charge in [-0.1, -0.05) is 18.1 Å². The highest BCUT2D eigenvalue weighted by atomic mass is 16.7. The minimum atomic E-state index is -1.43. The largest absolute Gasteiger partial charge is 0.477 e. The van der Waals surface area contributed by atoms with Crippen molar-refractivity contribution in [3.05, 3.63) is 11.9 Å². The third-order valence-corrected chi connectivity index (χ3v) is 4.71. The smallest absolute Gasteiger partial charge is 0.364 e. The van der Waals surface area contributed by atoms with E-state index in [0.717, 1.165) is 50.6 Å². The number of hydrogen-bond donors (Lipinski definition) is 1. The van der Waals surface area contributed by atoms with Crippen LogP contribution in [0, 0.1) is 0 Å². The number of nitrogens with zero attached hydrogens (tertiary/aromatic N) is 3. The third kappa shape index (κ3) is 7.83. The molecule has 1 aliphatic heterocycles. The first-order chi connectivity index (χ1) is 13.7. The second kappa shape index (κ2) is 12.8. The molecule has 1 aromatic rings. The highest BCUT2D eigenvalue weighted by molar-refractivity contribution is 5.75. The molecular weight excluding hydrogens is 366 g/mol. The molecule has 0 aliphatic carbocycles. The Morgan fingerprint density at radius 2 is 2.07 bits per heavy atom. The molecule has 28 heavy (non-hydrogen) atoms. The zero-order chi connectivity index (χ0) is 20.1. The number of aromatic nitrogens is 3. The van der Waals surface area contributed by atoms with Gasteiger partial charge in [0.1, 0.15) is 0 Å². The van der Waals surface area contributed by atoms with Crippen LogP contribution in [0.2, 0.25) is 0 Å². The lowest BCUT2D eigenvalue weighted by molar-refractivity contribution is -0.257. The van der Waals surface area contributed by atoms with Gasteiger partial charge in [-0.3, -0.25) is 0 Å². The van der Waals surface area contributed by atoms with Crippen LogP contribution in [0.15, 0.2) is 6.20 Å². The fraction of sp³-hybridized carbons (Fsp3) is 0.842. The van der Waals surface area contributed by atoms with Gasteiger partial charge in [-0.15, -0.1) is 5.10 Å². The first-order valence-electron chi connectivity index (χ1n) is 10.1. The van der Waals surface area contributed by atoms with E-state index in [0.29, 0.717) is 46.0 Å². The van der Waals surface area contributed by atoms with E-state index in [2.05, 4.69) is 10.3 Å². The average Bonchev–Trinajstić information content (AvgIpc) is 3.15. The lowest BCUT2D eigenvalue weighted by atomic mass is 10.1. The monoisotopic (exact) mass is 399 g/mol. The molecule has 1 saturated heterocycles. The average molecular weight is 399 g/mol. The third-order valence-electron chi connectivity index (χ3n) is 4.71. The Labute approximate surface area is 166 Å². The van der Waals surface area contributed by atoms with Gasteiger partial charge in [0.2, 0.25) is 0 Å². The molecule has 1 N–H and O–H groups in total. The van der Waals surface area contributed by atoms with Crippen LogP contribution < -0.4 is 0 Å². The molecule has 0 spiro atoms. The predicted molar refractivity (Wildman–Crippen MR) is 101 cm³/mol. The molecule has 0 saturated carbocycles. The summed E-state index contributed by atoms with van der Waals surface area (Å²) in [7, 11) is 1.65. The van der Waals surface area contributed by atoms with Crippen LogP contribution in [0.3, 0.4) is 0 Å². The minimum absolute atomic E-state index is 0.408. The predicted octanol–water partition coefficient (Wildman–Crippen LogP) is 2.04. The number of unbranched alkanes of at least 4 members (excludes halogenated alkanes) is 3. The summed E-state index contributed by atoms with van der Waals surface area (Å²) in [6.07, 6.45) is 8.85. The van der Waals surface area contributed by atoms with E-state index in [9.17, 15) is 9.90 Å². The van der Waals surface area contributed by atoms with Crippen LogP contribution in [0.5, 0.6) is 0 Å². The lowest BCUT2D eigenvalue weighted by Crippen LogP contribution is -2.47. The fourth-order valence-corrected chi connectivity index (χ4v) is 3.08. The summed E-state index contributed by atoms with van der Waals surface area (Å²) < 4.78 is 23.1. The summed E-state index contributed by atoms with van der Waals surface area (Å²) in [5.41, 5.74) is 0.980. The highest BCUT2D eigenvalue weighted by Gasteiger charge is 2.42. The number of methoxy groups -OCH3 is 1. The quantitative estimate of drug-likeness (QED) is 0.447. The topological polar surface area (TPSA) is 105 Å². The van der Waals surface area contributed by atoms with E-state index < -0.39 is 11.8 Å². The SMILES string of the molecule is COCCOCCn1cc(CCCCCCOC2(C(=O)O)CCCCO2)nn1. The Morgan fingerprint density at radius 1 is 1.21 bits per heavy atom. The first-order valence-corrected chi connectivity index (χ1v) is 10.1. The second-order valence-electron chi connectivity index (χ2n) is 6.95. The number of aryl methyl sites for hydroxylation is 1. The van der Waals surface area contributed by atoms with E-state index in [1.807, 2.05) is 6.20 Å². The number of aliphatic carboxylic acids is 1. The molecule has 2 rings (SSSR count). The maximum absolute atomic E-state index is 11.4. The Balaban J connectivity index is 1.52. The molecule has 160 valence electrons. The van der Waals surface area contributed by atoms with Gasteiger partial charge in [-0.2, -0.15) is 0 Å². The Bertz CT molecular complexity index is 560. The van der Waals surface area contributed by atoms with Crippen LogP contribution in [0.25, 0.3) is 0 Å². The van der Waals surface area contributed by atoms with Crippen molar-refractivity contribution >= 4 is 5.97 Å². The number of carboxylic acid groups (broad SMARTS) is 1. The van der Waals surface area contributed by atoms with E-state index in [1.165, 1.54) is 0 Å². The summed E-state index contributed by atoms with van der Waals surface area (Å²) in [4.78, 5) is 11.4. The number of rotatable bonds is 15. The van der Waals surface area contributed by atoms with Crippen LogP contribution in [-0.4, -0.2) is 72.0 Å². The molecule has 1 aliphatic rings. The molecule has 1 atom stereocenters. The van der Waals surface area contributed by atoms with Crippen molar-refractivity contribution in [1.82, 2.24) is 15.0 Å². The molecule has 2 heterocycles. The summed E-state index contributed by atoms with van der Waals surface area (Å²) >= 11 is 0. The molecule has 0 radical (unpaired) electrons. The van der Waals surface area contributed by atoms with Crippen LogP contribution >= 0.6 is 0 Å². The summed E-state index contributed by atoms with van der Waals surface area (Å²) in [6, 6.07) is 0. The fourth-order valence-electron chi connectivity index (χ4n) is 3.08. The van der Waals surface area contributed by atoms with Crippen molar-refractivity contribution in [2.24, 2.45) is 0 Å².